The predicted octanol–water partition coefficient (Wildman–Crippen LogP) is 5.84. The van der Waals surface area contributed by atoms with Crippen LogP contribution >= 0.6 is 0 Å². The topological polar surface area (TPSA) is 37.3 Å². The molecule has 2 rings (SSSR count). The van der Waals surface area contributed by atoms with Gasteiger partial charge in [0.25, 0.3) is 0 Å². The van der Waals surface area contributed by atoms with Gasteiger partial charge in [0.05, 0.1) is 6.10 Å². The second kappa shape index (κ2) is 10.7. The van der Waals surface area contributed by atoms with Crippen molar-refractivity contribution in [2.45, 2.75) is 83.7 Å². The van der Waals surface area contributed by atoms with Crippen LogP contribution in [0.2, 0.25) is 0 Å². The van der Waals surface area contributed by atoms with E-state index in [4.69, 9.17) is 0 Å². The summed E-state index contributed by atoms with van der Waals surface area (Å²) in [6.07, 6.45) is 10.2. The normalized spacial score (nSPS) is 22.6. The lowest BCUT2D eigenvalue weighted by Crippen LogP contribution is -2.26. The largest absolute Gasteiger partial charge is 0.393 e. The summed E-state index contributed by atoms with van der Waals surface area (Å²) in [6.45, 7) is 7.91. The minimum Gasteiger partial charge on any atom is -0.393 e. The van der Waals surface area contributed by atoms with E-state index >= 15 is 0 Å². The van der Waals surface area contributed by atoms with Crippen molar-refractivity contribution in [2.75, 3.05) is 0 Å². The monoisotopic (exact) mass is 356 g/mol. The molecule has 1 aliphatic carbocycles. The summed E-state index contributed by atoms with van der Waals surface area (Å²) in [7, 11) is 0. The number of aliphatic hydroxyl groups excluding tert-OH is 1. The van der Waals surface area contributed by atoms with Gasteiger partial charge in [-0.15, -0.1) is 0 Å². The van der Waals surface area contributed by atoms with Gasteiger partial charge in [0, 0.05) is 5.92 Å². The SMILES string of the molecule is C=CC(=O)C(CCC)CCC(O)C1CCC(c2ccc(CC)cc2)CC1. The summed E-state index contributed by atoms with van der Waals surface area (Å²) in [6, 6.07) is 9.08. The van der Waals surface area contributed by atoms with Gasteiger partial charge < -0.3 is 5.11 Å². The zero-order valence-electron chi connectivity index (χ0n) is 16.6. The minimum absolute atomic E-state index is 0.0422. The molecule has 0 radical (unpaired) electrons. The van der Waals surface area contributed by atoms with Crippen LogP contribution < -0.4 is 0 Å². The van der Waals surface area contributed by atoms with Crippen molar-refractivity contribution >= 4 is 5.78 Å². The Morgan fingerprint density at radius 3 is 2.31 bits per heavy atom. The van der Waals surface area contributed by atoms with Crippen LogP contribution in [0.25, 0.3) is 0 Å². The number of carbonyl (C=O) groups excluding carboxylic acids is 1. The lowest BCUT2D eigenvalue weighted by atomic mass is 9.75. The lowest BCUT2D eigenvalue weighted by molar-refractivity contribution is -0.118. The third-order valence-electron chi connectivity index (χ3n) is 6.23. The molecule has 1 aromatic rings. The van der Waals surface area contributed by atoms with Crippen molar-refractivity contribution in [3.63, 3.8) is 0 Å². The average Bonchev–Trinajstić information content (AvgIpc) is 2.70. The molecule has 144 valence electrons. The fraction of sp³-hybridized carbons (Fsp3) is 0.625. The van der Waals surface area contributed by atoms with Gasteiger partial charge in [0.15, 0.2) is 5.78 Å². The van der Waals surface area contributed by atoms with Crippen LogP contribution in [0.4, 0.5) is 0 Å². The van der Waals surface area contributed by atoms with E-state index in [0.29, 0.717) is 11.8 Å². The Labute approximate surface area is 159 Å². The van der Waals surface area contributed by atoms with Crippen molar-refractivity contribution < 1.29 is 9.90 Å². The fourth-order valence-corrected chi connectivity index (χ4v) is 4.41. The third kappa shape index (κ3) is 5.81. The number of aryl methyl sites for hydroxylation is 1. The molecule has 0 heterocycles. The van der Waals surface area contributed by atoms with Crippen molar-refractivity contribution in [1.29, 1.82) is 0 Å². The molecule has 2 unspecified atom stereocenters. The maximum Gasteiger partial charge on any atom is 0.158 e. The van der Waals surface area contributed by atoms with Crippen LogP contribution in [0.3, 0.4) is 0 Å². The maximum absolute atomic E-state index is 11.9. The first kappa shape index (κ1) is 20.9. The van der Waals surface area contributed by atoms with Crippen LogP contribution in [0.15, 0.2) is 36.9 Å². The molecule has 1 aromatic carbocycles. The number of carbonyl (C=O) groups is 1. The Balaban J connectivity index is 1.80. The highest BCUT2D eigenvalue weighted by Gasteiger charge is 2.28. The first-order chi connectivity index (χ1) is 12.6. The van der Waals surface area contributed by atoms with Crippen LogP contribution in [-0.2, 0) is 11.2 Å². The molecule has 0 bridgehead atoms. The predicted molar refractivity (Wildman–Crippen MR) is 109 cm³/mol. The number of allylic oxidation sites excluding steroid dienone is 1. The summed E-state index contributed by atoms with van der Waals surface area (Å²) >= 11 is 0. The number of hydrogen-bond acceptors (Lipinski definition) is 2. The van der Waals surface area contributed by atoms with E-state index in [1.165, 1.54) is 17.2 Å². The number of aliphatic hydroxyl groups is 1. The van der Waals surface area contributed by atoms with Crippen molar-refractivity contribution in [2.24, 2.45) is 11.8 Å². The number of ketones is 1. The molecule has 0 saturated heterocycles. The quantitative estimate of drug-likeness (QED) is 0.535. The summed E-state index contributed by atoms with van der Waals surface area (Å²) in [5, 5.41) is 10.6. The zero-order chi connectivity index (χ0) is 18.9. The highest BCUT2D eigenvalue weighted by atomic mass is 16.3. The van der Waals surface area contributed by atoms with Gasteiger partial charge >= 0.3 is 0 Å². The molecule has 1 saturated carbocycles. The summed E-state index contributed by atoms with van der Waals surface area (Å²) < 4.78 is 0. The maximum atomic E-state index is 11.9. The second-order valence-corrected chi connectivity index (χ2v) is 7.94. The van der Waals surface area contributed by atoms with Gasteiger partial charge in [0.1, 0.15) is 0 Å². The first-order valence-corrected chi connectivity index (χ1v) is 10.5. The Morgan fingerprint density at radius 1 is 1.12 bits per heavy atom. The number of hydrogen-bond donors (Lipinski definition) is 1. The fourth-order valence-electron chi connectivity index (χ4n) is 4.41. The molecule has 0 spiro atoms. The molecule has 2 heteroatoms. The minimum atomic E-state index is -0.268. The Morgan fingerprint density at radius 2 is 1.77 bits per heavy atom. The van der Waals surface area contributed by atoms with E-state index < -0.39 is 0 Å². The van der Waals surface area contributed by atoms with Gasteiger partial charge in [-0.25, -0.2) is 0 Å². The highest BCUT2D eigenvalue weighted by molar-refractivity contribution is 5.91. The molecule has 0 aromatic heterocycles. The van der Waals surface area contributed by atoms with E-state index in [1.807, 2.05) is 0 Å². The standard InChI is InChI=1S/C24H36O2/c1-4-7-21(23(25)6-3)16-17-24(26)22-14-12-20(13-15-22)19-10-8-18(5-2)9-11-19/h6,8-11,20-22,24,26H,3-5,7,12-17H2,1-2H3. The Kier molecular flexibility index (Phi) is 8.58. The summed E-state index contributed by atoms with van der Waals surface area (Å²) in [5.74, 6) is 1.21. The summed E-state index contributed by atoms with van der Waals surface area (Å²) in [5.41, 5.74) is 2.85. The molecular formula is C24H36O2. The smallest absolute Gasteiger partial charge is 0.158 e. The van der Waals surface area contributed by atoms with Crippen LogP contribution in [0.5, 0.6) is 0 Å². The lowest BCUT2D eigenvalue weighted by Gasteiger charge is -2.32. The van der Waals surface area contributed by atoms with Crippen molar-refractivity contribution in [3.8, 4) is 0 Å². The van der Waals surface area contributed by atoms with Crippen molar-refractivity contribution in [3.05, 3.63) is 48.0 Å². The van der Waals surface area contributed by atoms with Crippen molar-refractivity contribution in [1.82, 2.24) is 0 Å². The first-order valence-electron chi connectivity index (χ1n) is 10.5. The molecule has 0 aliphatic heterocycles. The molecule has 0 amide bonds. The molecule has 1 fully saturated rings. The van der Waals surface area contributed by atoms with E-state index in [9.17, 15) is 9.90 Å². The van der Waals surface area contributed by atoms with E-state index in [1.54, 1.807) is 0 Å². The summed E-state index contributed by atoms with van der Waals surface area (Å²) in [4.78, 5) is 11.9. The number of benzene rings is 1. The van der Waals surface area contributed by atoms with Gasteiger partial charge in [-0.3, -0.25) is 4.79 Å². The van der Waals surface area contributed by atoms with Gasteiger partial charge in [0.2, 0.25) is 0 Å². The zero-order valence-corrected chi connectivity index (χ0v) is 16.6. The average molecular weight is 357 g/mol. The van der Waals surface area contributed by atoms with Gasteiger partial charge in [-0.2, -0.15) is 0 Å². The number of rotatable bonds is 10. The van der Waals surface area contributed by atoms with E-state index in [2.05, 4.69) is 44.7 Å². The molecule has 2 nitrogen and oxygen atoms in total. The molecule has 1 N–H and O–H groups in total. The molecule has 26 heavy (non-hydrogen) atoms. The van der Waals surface area contributed by atoms with Crippen LogP contribution in [0.1, 0.15) is 82.3 Å². The molecule has 2 atom stereocenters. The van der Waals surface area contributed by atoms with E-state index in [0.717, 1.165) is 57.8 Å². The Bertz CT molecular complexity index is 552. The van der Waals surface area contributed by atoms with Crippen LogP contribution in [-0.4, -0.2) is 17.0 Å². The van der Waals surface area contributed by atoms with Gasteiger partial charge in [-0.05, 0) is 80.4 Å². The second-order valence-electron chi connectivity index (χ2n) is 7.94. The molecule has 1 aliphatic rings. The third-order valence-corrected chi connectivity index (χ3v) is 6.23. The molecular weight excluding hydrogens is 320 g/mol. The highest BCUT2D eigenvalue weighted by Crippen LogP contribution is 2.38. The van der Waals surface area contributed by atoms with Crippen LogP contribution in [0, 0.1) is 11.8 Å². The van der Waals surface area contributed by atoms with Gasteiger partial charge in [-0.1, -0.05) is 51.1 Å². The van der Waals surface area contributed by atoms with E-state index in [-0.39, 0.29) is 17.8 Å². The Hall–Kier alpha value is -1.41.